The van der Waals surface area contributed by atoms with E-state index >= 15 is 0 Å². The molecule has 1 amide bonds. The number of hydrazine groups is 1. The lowest BCUT2D eigenvalue weighted by atomic mass is 10.3. The van der Waals surface area contributed by atoms with Crippen LogP contribution in [0.5, 0.6) is 0 Å². The largest absolute Gasteiger partial charge is 0.403 e. The van der Waals surface area contributed by atoms with Gasteiger partial charge in [-0.25, -0.2) is 5.01 Å². The summed E-state index contributed by atoms with van der Waals surface area (Å²) in [4.78, 5) is 11.2. The Morgan fingerprint density at radius 2 is 1.86 bits per heavy atom. The summed E-state index contributed by atoms with van der Waals surface area (Å²) in [7, 11) is 2.42. The van der Waals surface area contributed by atoms with Gasteiger partial charge in [0.1, 0.15) is 6.54 Å². The molecule has 0 unspecified atom stereocenters. The monoisotopic (exact) mass is 213 g/mol. The third-order valence-electron chi connectivity index (χ3n) is 1.63. The van der Waals surface area contributed by atoms with Gasteiger partial charge < -0.3 is 5.73 Å². The lowest BCUT2D eigenvalue weighted by molar-refractivity contribution is -0.179. The summed E-state index contributed by atoms with van der Waals surface area (Å²) in [5.41, 5.74) is 5.24. The third kappa shape index (κ3) is 4.43. The van der Waals surface area contributed by atoms with Crippen molar-refractivity contribution in [3.63, 3.8) is 0 Å². The average Bonchev–Trinajstić information content (AvgIpc) is 1.98. The highest BCUT2D eigenvalue weighted by Crippen LogP contribution is 2.16. The van der Waals surface area contributed by atoms with Crippen molar-refractivity contribution in [1.29, 1.82) is 0 Å². The van der Waals surface area contributed by atoms with Gasteiger partial charge in [-0.05, 0) is 6.92 Å². The number of nitrogens with zero attached hydrogens (tertiary/aromatic N) is 2. The van der Waals surface area contributed by atoms with E-state index in [4.69, 9.17) is 5.73 Å². The van der Waals surface area contributed by atoms with Gasteiger partial charge in [0.15, 0.2) is 0 Å². The van der Waals surface area contributed by atoms with Crippen molar-refractivity contribution in [2.45, 2.75) is 19.1 Å². The molecule has 0 fully saturated rings. The van der Waals surface area contributed by atoms with Crippen LogP contribution in [0.25, 0.3) is 0 Å². The van der Waals surface area contributed by atoms with Crippen LogP contribution in [0.4, 0.5) is 13.2 Å². The lowest BCUT2D eigenvalue weighted by Crippen LogP contribution is -2.50. The number of nitrogens with two attached hydrogens (primary N) is 1. The van der Waals surface area contributed by atoms with Crippen LogP contribution in [-0.4, -0.2) is 48.8 Å². The minimum Gasteiger partial charge on any atom is -0.320 e. The van der Waals surface area contributed by atoms with Gasteiger partial charge in [-0.1, -0.05) is 0 Å². The summed E-state index contributed by atoms with van der Waals surface area (Å²) >= 11 is 0. The number of alkyl halides is 3. The molecule has 4 nitrogen and oxygen atoms in total. The Morgan fingerprint density at radius 1 is 1.43 bits per heavy atom. The minimum absolute atomic E-state index is 0.559. The normalized spacial score (nSPS) is 14.3. The molecule has 0 aromatic carbocycles. The van der Waals surface area contributed by atoms with Gasteiger partial charge in [-0.2, -0.15) is 13.2 Å². The molecule has 0 aliphatic heterocycles. The van der Waals surface area contributed by atoms with Crippen LogP contribution >= 0.6 is 0 Å². The molecular formula is C7H14F3N3O. The standard InChI is InChI=1S/C7H14F3N3O/c1-5(11)6(14)13(3)12(2)4-7(8,9)10/h5H,4,11H2,1-3H3/t5-/m1/s1. The Kier molecular flexibility index (Phi) is 4.34. The van der Waals surface area contributed by atoms with Crippen molar-refractivity contribution < 1.29 is 18.0 Å². The van der Waals surface area contributed by atoms with Crippen molar-refractivity contribution in [2.75, 3.05) is 20.6 Å². The fraction of sp³-hybridized carbons (Fsp3) is 0.857. The van der Waals surface area contributed by atoms with Gasteiger partial charge in [0.25, 0.3) is 5.91 Å². The quantitative estimate of drug-likeness (QED) is 0.681. The van der Waals surface area contributed by atoms with E-state index in [1.54, 1.807) is 0 Å². The molecule has 0 spiro atoms. The molecule has 7 heteroatoms. The molecular weight excluding hydrogens is 199 g/mol. The second-order valence-corrected chi connectivity index (χ2v) is 3.08. The summed E-state index contributed by atoms with van der Waals surface area (Å²) < 4.78 is 35.8. The molecule has 0 rings (SSSR count). The molecule has 84 valence electrons. The van der Waals surface area contributed by atoms with E-state index in [0.29, 0.717) is 0 Å². The average molecular weight is 213 g/mol. The second-order valence-electron chi connectivity index (χ2n) is 3.08. The summed E-state index contributed by atoms with van der Waals surface area (Å²) in [6.45, 7) is 0.238. The summed E-state index contributed by atoms with van der Waals surface area (Å²) in [6, 6.07) is -0.810. The second kappa shape index (κ2) is 4.61. The highest BCUT2D eigenvalue weighted by Gasteiger charge is 2.32. The molecule has 1 atom stereocenters. The topological polar surface area (TPSA) is 49.6 Å². The van der Waals surface area contributed by atoms with Crippen molar-refractivity contribution in [3.8, 4) is 0 Å². The number of hydrogen-bond donors (Lipinski definition) is 1. The van der Waals surface area contributed by atoms with Crippen molar-refractivity contribution in [2.24, 2.45) is 5.73 Å². The van der Waals surface area contributed by atoms with Gasteiger partial charge in [-0.15, -0.1) is 0 Å². The number of hydrogen-bond acceptors (Lipinski definition) is 3. The van der Waals surface area contributed by atoms with Crippen LogP contribution in [0.2, 0.25) is 0 Å². The summed E-state index contributed by atoms with van der Waals surface area (Å²) in [5.74, 6) is -0.559. The number of amides is 1. The molecule has 0 aromatic rings. The molecule has 2 N–H and O–H groups in total. The number of carbonyl (C=O) groups is 1. The van der Waals surface area contributed by atoms with Gasteiger partial charge >= 0.3 is 6.18 Å². The SMILES string of the molecule is C[C@@H](N)C(=O)N(C)N(C)CC(F)(F)F. The molecule has 0 aliphatic carbocycles. The Bertz CT molecular complexity index is 205. The first-order valence-electron chi connectivity index (χ1n) is 3.96. The molecule has 0 aliphatic rings. The van der Waals surface area contributed by atoms with E-state index in [-0.39, 0.29) is 0 Å². The first-order valence-corrected chi connectivity index (χ1v) is 3.96. The van der Waals surface area contributed by atoms with Gasteiger partial charge in [0.2, 0.25) is 0 Å². The molecule has 0 saturated heterocycles. The van der Waals surface area contributed by atoms with Crippen LogP contribution in [0.15, 0.2) is 0 Å². The Hall–Kier alpha value is -0.820. The van der Waals surface area contributed by atoms with Crippen LogP contribution in [-0.2, 0) is 4.79 Å². The highest BCUT2D eigenvalue weighted by molar-refractivity contribution is 5.80. The zero-order valence-electron chi connectivity index (χ0n) is 8.30. The van der Waals surface area contributed by atoms with E-state index in [1.165, 1.54) is 21.0 Å². The maximum absolute atomic E-state index is 11.9. The molecule has 0 aromatic heterocycles. The Labute approximate surface area is 80.4 Å². The van der Waals surface area contributed by atoms with Crippen LogP contribution < -0.4 is 5.73 Å². The number of carbonyl (C=O) groups excluding carboxylic acids is 1. The Morgan fingerprint density at radius 3 is 2.14 bits per heavy atom. The lowest BCUT2D eigenvalue weighted by Gasteiger charge is -2.29. The van der Waals surface area contributed by atoms with E-state index in [0.717, 1.165) is 10.0 Å². The zero-order chi connectivity index (χ0) is 11.5. The number of likely N-dealkylation sites (N-methyl/N-ethyl adjacent to an activating group) is 1. The van der Waals surface area contributed by atoms with Crippen LogP contribution in [0, 0.1) is 0 Å². The van der Waals surface area contributed by atoms with Crippen molar-refractivity contribution in [1.82, 2.24) is 10.0 Å². The predicted octanol–water partition coefficient (Wildman–Crippen LogP) is 0.201. The predicted molar refractivity (Wildman–Crippen MR) is 45.1 cm³/mol. The van der Waals surface area contributed by atoms with Gasteiger partial charge in [0.05, 0.1) is 6.04 Å². The van der Waals surface area contributed by atoms with Crippen LogP contribution in [0.3, 0.4) is 0 Å². The molecule has 0 radical (unpaired) electrons. The third-order valence-corrected chi connectivity index (χ3v) is 1.63. The van der Waals surface area contributed by atoms with E-state index in [2.05, 4.69) is 0 Å². The van der Waals surface area contributed by atoms with Crippen molar-refractivity contribution in [3.05, 3.63) is 0 Å². The fourth-order valence-electron chi connectivity index (χ4n) is 0.828. The number of halogens is 3. The highest BCUT2D eigenvalue weighted by atomic mass is 19.4. The van der Waals surface area contributed by atoms with E-state index in [9.17, 15) is 18.0 Å². The minimum atomic E-state index is -4.33. The van der Waals surface area contributed by atoms with Gasteiger partial charge in [0, 0.05) is 14.1 Å². The molecule has 0 heterocycles. The first-order chi connectivity index (χ1) is 6.15. The Balaban J connectivity index is 4.26. The van der Waals surface area contributed by atoms with E-state index in [1.807, 2.05) is 0 Å². The first kappa shape index (κ1) is 13.2. The van der Waals surface area contributed by atoms with Gasteiger partial charge in [-0.3, -0.25) is 9.80 Å². The maximum atomic E-state index is 11.9. The van der Waals surface area contributed by atoms with E-state index < -0.39 is 24.7 Å². The van der Waals surface area contributed by atoms with Crippen molar-refractivity contribution >= 4 is 5.91 Å². The summed E-state index contributed by atoms with van der Waals surface area (Å²) in [5, 5.41) is 1.63. The summed E-state index contributed by atoms with van der Waals surface area (Å²) in [6.07, 6.45) is -4.33. The fourth-order valence-corrected chi connectivity index (χ4v) is 0.828. The zero-order valence-corrected chi connectivity index (χ0v) is 8.30. The molecule has 14 heavy (non-hydrogen) atoms. The number of rotatable bonds is 3. The maximum Gasteiger partial charge on any atom is 0.403 e. The molecule has 0 saturated carbocycles. The smallest absolute Gasteiger partial charge is 0.320 e. The molecule has 0 bridgehead atoms. The van der Waals surface area contributed by atoms with Crippen LogP contribution in [0.1, 0.15) is 6.92 Å².